The lowest BCUT2D eigenvalue weighted by Crippen LogP contribution is -2.42. The van der Waals surface area contributed by atoms with Crippen LogP contribution in [0.3, 0.4) is 0 Å². The number of likely N-dealkylation sites (tertiary alicyclic amines) is 1. The van der Waals surface area contributed by atoms with Crippen LogP contribution in [0.4, 0.5) is 5.69 Å². The first-order chi connectivity index (χ1) is 16.1. The van der Waals surface area contributed by atoms with E-state index in [1.54, 1.807) is 0 Å². The fourth-order valence-corrected chi connectivity index (χ4v) is 5.45. The Morgan fingerprint density at radius 2 is 1.73 bits per heavy atom. The van der Waals surface area contributed by atoms with Crippen LogP contribution in [0.1, 0.15) is 56.0 Å². The summed E-state index contributed by atoms with van der Waals surface area (Å²) in [5.41, 5.74) is 5.46. The molecule has 1 unspecified atom stereocenters. The quantitative estimate of drug-likeness (QED) is 0.632. The van der Waals surface area contributed by atoms with E-state index in [0.717, 1.165) is 61.3 Å². The lowest BCUT2D eigenvalue weighted by Gasteiger charge is -2.33. The van der Waals surface area contributed by atoms with E-state index in [2.05, 4.69) is 37.0 Å². The molecule has 6 nitrogen and oxygen atoms in total. The van der Waals surface area contributed by atoms with Crippen LogP contribution in [-0.2, 0) is 22.4 Å². The number of aryl methyl sites for hydroxylation is 2. The number of hydrogen-bond acceptors (Lipinski definition) is 3. The Morgan fingerprint density at radius 1 is 1.03 bits per heavy atom. The number of fused-ring (bicyclic) bond motifs is 1. The van der Waals surface area contributed by atoms with Crippen LogP contribution in [0.5, 0.6) is 0 Å². The lowest BCUT2D eigenvalue weighted by atomic mass is 9.95. The van der Waals surface area contributed by atoms with E-state index in [1.165, 1.54) is 11.1 Å². The summed E-state index contributed by atoms with van der Waals surface area (Å²) in [5, 5.41) is 0. The normalized spacial score (nSPS) is 19.6. The van der Waals surface area contributed by atoms with Gasteiger partial charge >= 0.3 is 0 Å². The molecule has 0 spiro atoms. The first-order valence-electron chi connectivity index (χ1n) is 12.2. The van der Waals surface area contributed by atoms with Crippen LogP contribution in [0.25, 0.3) is 11.0 Å². The molecule has 2 saturated heterocycles. The molecule has 0 aliphatic carbocycles. The third-order valence-corrected chi connectivity index (χ3v) is 7.31. The smallest absolute Gasteiger partial charge is 0.228 e. The fraction of sp³-hybridized carbons (Fsp3) is 0.444. The van der Waals surface area contributed by atoms with Gasteiger partial charge in [-0.25, -0.2) is 4.98 Å². The van der Waals surface area contributed by atoms with E-state index in [4.69, 9.17) is 4.98 Å². The highest BCUT2D eigenvalue weighted by Crippen LogP contribution is 2.34. The molecule has 2 amide bonds. The zero-order valence-corrected chi connectivity index (χ0v) is 19.5. The molecule has 3 heterocycles. The number of para-hydroxylation sites is 3. The number of carbonyl (C=O) groups excluding carboxylic acids is 2. The molecule has 33 heavy (non-hydrogen) atoms. The maximum atomic E-state index is 13.3. The average Bonchev–Trinajstić information content (AvgIpc) is 3.46. The number of carbonyl (C=O) groups is 2. The van der Waals surface area contributed by atoms with E-state index < -0.39 is 0 Å². The van der Waals surface area contributed by atoms with Crippen molar-refractivity contribution in [3.05, 3.63) is 59.4 Å². The van der Waals surface area contributed by atoms with Gasteiger partial charge in [-0.3, -0.25) is 9.59 Å². The number of rotatable bonds is 5. The van der Waals surface area contributed by atoms with Crippen molar-refractivity contribution in [3.8, 4) is 0 Å². The molecule has 2 aromatic carbocycles. The molecule has 1 aromatic heterocycles. The molecule has 2 aliphatic rings. The Bertz CT molecular complexity index is 1120. The Labute approximate surface area is 195 Å². The summed E-state index contributed by atoms with van der Waals surface area (Å²) in [5.74, 6) is 1.30. The second kappa shape index (κ2) is 9.00. The molecule has 5 rings (SSSR count). The van der Waals surface area contributed by atoms with Crippen molar-refractivity contribution in [3.63, 3.8) is 0 Å². The van der Waals surface area contributed by atoms with Gasteiger partial charge in [0.2, 0.25) is 11.8 Å². The summed E-state index contributed by atoms with van der Waals surface area (Å²) >= 11 is 0. The van der Waals surface area contributed by atoms with Crippen molar-refractivity contribution in [2.75, 3.05) is 24.5 Å². The Kier molecular flexibility index (Phi) is 5.92. The van der Waals surface area contributed by atoms with Crippen LogP contribution < -0.4 is 4.90 Å². The number of hydrogen-bond donors (Lipinski definition) is 1. The molecule has 2 fully saturated rings. The number of imidazole rings is 1. The molecule has 3 aromatic rings. The monoisotopic (exact) mass is 444 g/mol. The number of anilines is 1. The number of benzene rings is 2. The van der Waals surface area contributed by atoms with Gasteiger partial charge in [0.25, 0.3) is 0 Å². The van der Waals surface area contributed by atoms with Crippen molar-refractivity contribution in [1.29, 1.82) is 0 Å². The van der Waals surface area contributed by atoms with Gasteiger partial charge in [-0.05, 0) is 48.9 Å². The Balaban J connectivity index is 1.25. The number of H-pyrrole nitrogens is 1. The highest BCUT2D eigenvalue weighted by molar-refractivity contribution is 6.01. The first-order valence-corrected chi connectivity index (χ1v) is 12.2. The van der Waals surface area contributed by atoms with Gasteiger partial charge in [0, 0.05) is 37.7 Å². The Morgan fingerprint density at radius 3 is 2.39 bits per heavy atom. The molecule has 0 radical (unpaired) electrons. The van der Waals surface area contributed by atoms with Crippen LogP contribution >= 0.6 is 0 Å². The second-order valence-electron chi connectivity index (χ2n) is 9.28. The van der Waals surface area contributed by atoms with E-state index in [-0.39, 0.29) is 17.7 Å². The van der Waals surface area contributed by atoms with Gasteiger partial charge in [0.05, 0.1) is 17.0 Å². The van der Waals surface area contributed by atoms with Crippen LogP contribution in [0.15, 0.2) is 42.5 Å². The van der Waals surface area contributed by atoms with Gasteiger partial charge in [0.1, 0.15) is 5.82 Å². The van der Waals surface area contributed by atoms with Crippen molar-refractivity contribution < 1.29 is 9.59 Å². The van der Waals surface area contributed by atoms with Gasteiger partial charge in [-0.15, -0.1) is 0 Å². The van der Waals surface area contributed by atoms with E-state index in [0.29, 0.717) is 18.9 Å². The molecular weight excluding hydrogens is 412 g/mol. The molecule has 1 N–H and O–H groups in total. The molecule has 0 saturated carbocycles. The molecular formula is C27H32N4O2. The third-order valence-electron chi connectivity index (χ3n) is 7.31. The first kappa shape index (κ1) is 21.7. The maximum Gasteiger partial charge on any atom is 0.228 e. The zero-order chi connectivity index (χ0) is 22.9. The van der Waals surface area contributed by atoms with Crippen molar-refractivity contribution in [2.45, 2.75) is 51.9 Å². The third kappa shape index (κ3) is 4.03. The summed E-state index contributed by atoms with van der Waals surface area (Å²) in [6.45, 7) is 6.17. The van der Waals surface area contributed by atoms with Crippen LogP contribution in [-0.4, -0.2) is 46.3 Å². The predicted octanol–water partition coefficient (Wildman–Crippen LogP) is 4.45. The minimum atomic E-state index is -0.255. The van der Waals surface area contributed by atoms with Gasteiger partial charge in [0.15, 0.2) is 0 Å². The van der Waals surface area contributed by atoms with Crippen LogP contribution in [0.2, 0.25) is 0 Å². The van der Waals surface area contributed by atoms with Crippen molar-refractivity contribution in [1.82, 2.24) is 14.9 Å². The van der Waals surface area contributed by atoms with Crippen molar-refractivity contribution >= 4 is 28.5 Å². The van der Waals surface area contributed by atoms with E-state index in [9.17, 15) is 9.59 Å². The van der Waals surface area contributed by atoms with Gasteiger partial charge < -0.3 is 14.8 Å². The highest BCUT2D eigenvalue weighted by Gasteiger charge is 2.39. The second-order valence-corrected chi connectivity index (χ2v) is 9.28. The summed E-state index contributed by atoms with van der Waals surface area (Å²) in [4.78, 5) is 38.4. The maximum absolute atomic E-state index is 13.3. The number of piperidine rings is 1. The number of nitrogens with zero attached hydrogens (tertiary/aromatic N) is 3. The van der Waals surface area contributed by atoms with E-state index >= 15 is 0 Å². The minimum absolute atomic E-state index is 0.0705. The fourth-order valence-electron chi connectivity index (χ4n) is 5.45. The standard InChI is InChI=1S/C27H32N4O2/c1-3-18-8-7-9-19(4-2)25(18)31-17-21(16-24(31)32)27(33)30-14-12-20(13-15-30)26-28-22-10-5-6-11-23(22)29-26/h5-11,20-21H,3-4,12-17H2,1-2H3,(H,28,29). The molecule has 6 heteroatoms. The number of amides is 2. The molecule has 172 valence electrons. The van der Waals surface area contributed by atoms with Crippen LogP contribution in [0, 0.1) is 5.92 Å². The number of aromatic amines is 1. The number of nitrogens with one attached hydrogen (secondary N) is 1. The molecule has 2 aliphatic heterocycles. The summed E-state index contributed by atoms with van der Waals surface area (Å²) in [6, 6.07) is 14.4. The SMILES string of the molecule is CCc1cccc(CC)c1N1CC(C(=O)N2CCC(c3nc4ccccc4[nH]3)CC2)CC1=O. The topological polar surface area (TPSA) is 69.3 Å². The Hall–Kier alpha value is -3.15. The number of aromatic nitrogens is 2. The van der Waals surface area contributed by atoms with Gasteiger partial charge in [-0.2, -0.15) is 0 Å². The van der Waals surface area contributed by atoms with Crippen molar-refractivity contribution in [2.24, 2.45) is 5.92 Å². The van der Waals surface area contributed by atoms with Gasteiger partial charge in [-0.1, -0.05) is 44.2 Å². The summed E-state index contributed by atoms with van der Waals surface area (Å²) in [6.07, 6.45) is 3.86. The molecule has 1 atom stereocenters. The lowest BCUT2D eigenvalue weighted by molar-refractivity contribution is -0.136. The highest BCUT2D eigenvalue weighted by atomic mass is 16.2. The molecule has 0 bridgehead atoms. The largest absolute Gasteiger partial charge is 0.342 e. The van der Waals surface area contributed by atoms with E-state index in [1.807, 2.05) is 34.1 Å². The average molecular weight is 445 g/mol. The summed E-state index contributed by atoms with van der Waals surface area (Å²) in [7, 11) is 0. The summed E-state index contributed by atoms with van der Waals surface area (Å²) < 4.78 is 0. The predicted molar refractivity (Wildman–Crippen MR) is 130 cm³/mol. The minimum Gasteiger partial charge on any atom is -0.342 e. The zero-order valence-electron chi connectivity index (χ0n) is 19.5.